The molecule has 0 aliphatic carbocycles. The van der Waals surface area contributed by atoms with E-state index in [0.717, 1.165) is 32.2 Å². The fourth-order valence-corrected chi connectivity index (χ4v) is 2.00. The molecule has 4 N–H and O–H groups in total. The van der Waals surface area contributed by atoms with Crippen LogP contribution in [0.3, 0.4) is 0 Å². The van der Waals surface area contributed by atoms with Gasteiger partial charge < -0.3 is 15.5 Å². The second kappa shape index (κ2) is 17.1. The molecule has 0 spiro atoms. The van der Waals surface area contributed by atoms with Crippen LogP contribution in [-0.4, -0.2) is 22.9 Å². The Morgan fingerprint density at radius 3 is 1.75 bits per heavy atom. The highest BCUT2D eigenvalue weighted by atomic mass is 31.2. The van der Waals surface area contributed by atoms with E-state index in [1.54, 1.807) is 0 Å². The van der Waals surface area contributed by atoms with Crippen molar-refractivity contribution < 1.29 is 18.9 Å². The Morgan fingerprint density at radius 2 is 1.30 bits per heavy atom. The Balaban J connectivity index is 0. The van der Waals surface area contributed by atoms with Crippen LogP contribution in [0.5, 0.6) is 0 Å². The van der Waals surface area contributed by atoms with Crippen molar-refractivity contribution >= 4 is 7.82 Å². The van der Waals surface area contributed by atoms with Gasteiger partial charge in [0.15, 0.2) is 0 Å². The van der Waals surface area contributed by atoms with Gasteiger partial charge >= 0.3 is 7.82 Å². The second-order valence-electron chi connectivity index (χ2n) is 4.94. The molecule has 0 aliphatic heterocycles. The lowest BCUT2D eigenvalue weighted by Crippen LogP contribution is -1.97. The van der Waals surface area contributed by atoms with Crippen molar-refractivity contribution in [3.63, 3.8) is 0 Å². The Bertz CT molecular complexity index is 215. The first kappa shape index (κ1) is 22.4. The molecule has 0 aromatic heterocycles. The number of phosphoric acid groups is 1. The Morgan fingerprint density at radius 1 is 0.850 bits per heavy atom. The molecule has 0 bridgehead atoms. The number of unbranched alkanes of at least 4 members (excludes halogenated alkanes) is 8. The monoisotopic (exact) mass is 311 g/mol. The molecular weight excluding hydrogens is 277 g/mol. The predicted octanol–water partition coefficient (Wildman–Crippen LogP) is 3.98. The van der Waals surface area contributed by atoms with Crippen LogP contribution in [0.25, 0.3) is 0 Å². The van der Waals surface area contributed by atoms with E-state index in [0.29, 0.717) is 0 Å². The molecule has 0 aromatic carbocycles. The molecule has 0 amide bonds. The van der Waals surface area contributed by atoms with Crippen LogP contribution < -0.4 is 5.73 Å². The van der Waals surface area contributed by atoms with Crippen LogP contribution in [0.4, 0.5) is 0 Å². The van der Waals surface area contributed by atoms with E-state index in [-0.39, 0.29) is 6.61 Å². The smallest absolute Gasteiger partial charge is 0.330 e. The highest BCUT2D eigenvalue weighted by Crippen LogP contribution is 2.35. The van der Waals surface area contributed by atoms with Crippen molar-refractivity contribution in [2.24, 2.45) is 5.73 Å². The Hall–Kier alpha value is 0.0700. The van der Waals surface area contributed by atoms with Gasteiger partial charge in [-0.15, -0.1) is 0 Å². The van der Waals surface area contributed by atoms with Gasteiger partial charge in [-0.2, -0.15) is 0 Å². The van der Waals surface area contributed by atoms with Gasteiger partial charge in [0.2, 0.25) is 0 Å². The normalized spacial score (nSPS) is 11.1. The summed E-state index contributed by atoms with van der Waals surface area (Å²) in [5.74, 6) is 0. The van der Waals surface area contributed by atoms with Crippen LogP contribution in [0, 0.1) is 0 Å². The lowest BCUT2D eigenvalue weighted by Gasteiger charge is -2.03. The van der Waals surface area contributed by atoms with Gasteiger partial charge in [0.25, 0.3) is 0 Å². The summed E-state index contributed by atoms with van der Waals surface area (Å²) >= 11 is 0. The molecule has 0 rings (SSSR count). The third kappa shape index (κ3) is 26.6. The van der Waals surface area contributed by atoms with Crippen molar-refractivity contribution in [1.29, 1.82) is 0 Å². The maximum atomic E-state index is 10.1. The van der Waals surface area contributed by atoms with E-state index in [2.05, 4.69) is 18.4 Å². The molecule has 5 nitrogen and oxygen atoms in total. The number of hydrogen-bond donors (Lipinski definition) is 3. The molecule has 0 radical (unpaired) electrons. The molecule has 0 unspecified atom stereocenters. The zero-order chi connectivity index (χ0) is 15.7. The summed E-state index contributed by atoms with van der Waals surface area (Å²) in [6.45, 7) is 5.34. The molecule has 20 heavy (non-hydrogen) atoms. The van der Waals surface area contributed by atoms with Crippen LogP contribution in [0.15, 0.2) is 0 Å². The average Bonchev–Trinajstić information content (AvgIpc) is 2.38. The molecular formula is C14H34NO4P. The SMILES string of the molecule is CCCCCCCCN.CCCCCCOP(=O)(O)O. The minimum Gasteiger partial charge on any atom is -0.330 e. The maximum absolute atomic E-state index is 10.1. The molecule has 0 saturated heterocycles. The molecule has 0 heterocycles. The summed E-state index contributed by atoms with van der Waals surface area (Å²) in [5.41, 5.74) is 5.34. The summed E-state index contributed by atoms with van der Waals surface area (Å²) < 4.78 is 14.4. The number of hydrogen-bond acceptors (Lipinski definition) is 3. The third-order valence-corrected chi connectivity index (χ3v) is 3.33. The van der Waals surface area contributed by atoms with Crippen molar-refractivity contribution in [3.05, 3.63) is 0 Å². The van der Waals surface area contributed by atoms with E-state index in [4.69, 9.17) is 15.5 Å². The summed E-state index contributed by atoms with van der Waals surface area (Å²) in [6, 6.07) is 0. The quantitative estimate of drug-likeness (QED) is 0.374. The molecule has 0 fully saturated rings. The predicted molar refractivity (Wildman–Crippen MR) is 84.6 cm³/mol. The standard InChI is InChI=1S/C8H19N.C6H15O4P/c1-2-3-4-5-6-7-8-9;1-2-3-4-5-6-10-11(7,8)9/h2-9H2,1H3;2-6H2,1H3,(H2,7,8,9). The maximum Gasteiger partial charge on any atom is 0.469 e. The summed E-state index contributed by atoms with van der Waals surface area (Å²) in [6.07, 6.45) is 11.9. The molecule has 6 heteroatoms. The first-order valence-corrected chi connectivity index (χ1v) is 9.41. The van der Waals surface area contributed by atoms with Crippen molar-refractivity contribution in [2.45, 2.75) is 78.1 Å². The summed E-state index contributed by atoms with van der Waals surface area (Å²) in [7, 11) is -4.21. The average molecular weight is 311 g/mol. The Labute approximate surface area is 124 Å². The van der Waals surface area contributed by atoms with Gasteiger partial charge in [-0.25, -0.2) is 4.57 Å². The molecule has 0 aromatic rings. The highest BCUT2D eigenvalue weighted by Gasteiger charge is 2.11. The first-order chi connectivity index (χ1) is 9.47. The van der Waals surface area contributed by atoms with Crippen molar-refractivity contribution in [2.75, 3.05) is 13.2 Å². The summed E-state index contributed by atoms with van der Waals surface area (Å²) in [5, 5.41) is 0. The molecule has 0 atom stereocenters. The van der Waals surface area contributed by atoms with Crippen LogP contribution in [0.1, 0.15) is 78.1 Å². The van der Waals surface area contributed by atoms with Crippen LogP contribution >= 0.6 is 7.82 Å². The fraction of sp³-hybridized carbons (Fsp3) is 1.00. The number of phosphoric ester groups is 1. The lowest BCUT2D eigenvalue weighted by atomic mass is 10.1. The molecule has 0 aliphatic rings. The minimum absolute atomic E-state index is 0.157. The van der Waals surface area contributed by atoms with Crippen LogP contribution in [0.2, 0.25) is 0 Å². The topological polar surface area (TPSA) is 92.8 Å². The number of nitrogens with two attached hydrogens (primary N) is 1. The van der Waals surface area contributed by atoms with E-state index in [1.807, 2.05) is 0 Å². The first-order valence-electron chi connectivity index (χ1n) is 7.88. The van der Waals surface area contributed by atoms with E-state index in [1.165, 1.54) is 38.5 Å². The largest absolute Gasteiger partial charge is 0.469 e. The minimum atomic E-state index is -4.21. The fourth-order valence-electron chi connectivity index (χ4n) is 1.64. The molecule has 0 saturated carbocycles. The van der Waals surface area contributed by atoms with Gasteiger partial charge in [0.1, 0.15) is 0 Å². The third-order valence-electron chi connectivity index (χ3n) is 2.82. The Kier molecular flexibility index (Phi) is 19.1. The van der Waals surface area contributed by atoms with Gasteiger partial charge in [-0.3, -0.25) is 4.52 Å². The van der Waals surface area contributed by atoms with Crippen molar-refractivity contribution in [1.82, 2.24) is 0 Å². The van der Waals surface area contributed by atoms with Gasteiger partial charge in [0, 0.05) is 0 Å². The van der Waals surface area contributed by atoms with Gasteiger partial charge in [-0.1, -0.05) is 65.2 Å². The second-order valence-corrected chi connectivity index (χ2v) is 6.18. The van der Waals surface area contributed by atoms with Crippen LogP contribution in [-0.2, 0) is 9.09 Å². The van der Waals surface area contributed by atoms with E-state index in [9.17, 15) is 4.57 Å². The van der Waals surface area contributed by atoms with E-state index < -0.39 is 7.82 Å². The van der Waals surface area contributed by atoms with Gasteiger partial charge in [0.05, 0.1) is 6.61 Å². The lowest BCUT2D eigenvalue weighted by molar-refractivity contribution is 0.193. The number of rotatable bonds is 12. The zero-order valence-electron chi connectivity index (χ0n) is 13.2. The highest BCUT2D eigenvalue weighted by molar-refractivity contribution is 7.46. The van der Waals surface area contributed by atoms with Crippen molar-refractivity contribution in [3.8, 4) is 0 Å². The van der Waals surface area contributed by atoms with Gasteiger partial charge in [-0.05, 0) is 19.4 Å². The van der Waals surface area contributed by atoms with E-state index >= 15 is 0 Å². The molecule has 124 valence electrons. The zero-order valence-corrected chi connectivity index (χ0v) is 14.1. The summed E-state index contributed by atoms with van der Waals surface area (Å²) in [4.78, 5) is 16.5.